The van der Waals surface area contributed by atoms with Gasteiger partial charge in [-0.25, -0.2) is 0 Å². The number of nitrogens with two attached hydrogens (primary N) is 2. The van der Waals surface area contributed by atoms with Crippen LogP contribution in [-0.2, 0) is 4.79 Å². The first-order chi connectivity index (χ1) is 8.93. The average molecular weight is 265 g/mol. The third-order valence-corrected chi connectivity index (χ3v) is 2.65. The fraction of sp³-hybridized carbons (Fsp3) is 0.385. The highest BCUT2D eigenvalue weighted by Gasteiger charge is 2.12. The zero-order valence-corrected chi connectivity index (χ0v) is 11.1. The standard InChI is InChI=1S/C13H19N3O3/c1-3-8(2)16-12(17)7-19-11-6-9(14)4-5-10(11)13(15)18/h4-6,8H,3,7,14H2,1-2H3,(H2,15,18)(H,16,17). The molecule has 2 amide bonds. The third kappa shape index (κ3) is 4.50. The topological polar surface area (TPSA) is 107 Å². The Bertz CT molecular complexity index is 474. The molecule has 1 rings (SSSR count). The molecule has 5 N–H and O–H groups in total. The van der Waals surface area contributed by atoms with Gasteiger partial charge in [0.05, 0.1) is 5.56 Å². The van der Waals surface area contributed by atoms with Crippen molar-refractivity contribution in [2.75, 3.05) is 12.3 Å². The van der Waals surface area contributed by atoms with Crippen LogP contribution in [0.3, 0.4) is 0 Å². The van der Waals surface area contributed by atoms with Crippen LogP contribution in [0, 0.1) is 0 Å². The molecule has 0 aliphatic rings. The summed E-state index contributed by atoms with van der Waals surface area (Å²) in [5.41, 5.74) is 11.4. The normalized spacial score (nSPS) is 11.7. The van der Waals surface area contributed by atoms with Gasteiger partial charge in [0.25, 0.3) is 11.8 Å². The molecule has 0 aliphatic heterocycles. The second-order valence-electron chi connectivity index (χ2n) is 4.29. The van der Waals surface area contributed by atoms with E-state index in [1.165, 1.54) is 12.1 Å². The monoisotopic (exact) mass is 265 g/mol. The summed E-state index contributed by atoms with van der Waals surface area (Å²) in [6.07, 6.45) is 0.830. The molecule has 104 valence electrons. The van der Waals surface area contributed by atoms with Crippen molar-refractivity contribution in [3.63, 3.8) is 0 Å². The summed E-state index contributed by atoms with van der Waals surface area (Å²) in [5, 5.41) is 2.75. The number of primary amides is 1. The molecule has 6 nitrogen and oxygen atoms in total. The molecule has 1 atom stereocenters. The van der Waals surface area contributed by atoms with Crippen molar-refractivity contribution in [2.24, 2.45) is 5.73 Å². The van der Waals surface area contributed by atoms with E-state index >= 15 is 0 Å². The Balaban J connectivity index is 2.69. The molecule has 19 heavy (non-hydrogen) atoms. The molecule has 0 radical (unpaired) electrons. The average Bonchev–Trinajstić information content (AvgIpc) is 2.35. The number of amides is 2. The highest BCUT2D eigenvalue weighted by molar-refractivity contribution is 5.96. The van der Waals surface area contributed by atoms with Crippen molar-refractivity contribution in [3.8, 4) is 5.75 Å². The summed E-state index contributed by atoms with van der Waals surface area (Å²) >= 11 is 0. The van der Waals surface area contributed by atoms with Gasteiger partial charge < -0.3 is 21.5 Å². The molecule has 0 aromatic heterocycles. The zero-order valence-electron chi connectivity index (χ0n) is 11.1. The third-order valence-electron chi connectivity index (χ3n) is 2.65. The van der Waals surface area contributed by atoms with E-state index in [1.54, 1.807) is 6.07 Å². The van der Waals surface area contributed by atoms with E-state index < -0.39 is 5.91 Å². The Morgan fingerprint density at radius 3 is 2.68 bits per heavy atom. The van der Waals surface area contributed by atoms with Crippen molar-refractivity contribution in [1.29, 1.82) is 0 Å². The van der Waals surface area contributed by atoms with Gasteiger partial charge in [-0.1, -0.05) is 6.92 Å². The van der Waals surface area contributed by atoms with Crippen LogP contribution in [0.15, 0.2) is 18.2 Å². The van der Waals surface area contributed by atoms with E-state index in [-0.39, 0.29) is 29.9 Å². The minimum Gasteiger partial charge on any atom is -0.483 e. The number of nitrogen functional groups attached to an aromatic ring is 1. The van der Waals surface area contributed by atoms with Crippen LogP contribution in [0.4, 0.5) is 5.69 Å². The number of nitrogens with one attached hydrogen (secondary N) is 1. The first kappa shape index (κ1) is 14.8. The maximum atomic E-state index is 11.6. The Hall–Kier alpha value is -2.24. The molecular weight excluding hydrogens is 246 g/mol. The quantitative estimate of drug-likeness (QED) is 0.657. The molecule has 0 fully saturated rings. The molecule has 0 heterocycles. The van der Waals surface area contributed by atoms with Gasteiger partial charge in [-0.2, -0.15) is 0 Å². The molecule has 0 spiro atoms. The van der Waals surface area contributed by atoms with Crippen molar-refractivity contribution in [1.82, 2.24) is 5.32 Å². The lowest BCUT2D eigenvalue weighted by molar-refractivity contribution is -0.123. The molecule has 0 saturated heterocycles. The molecule has 0 bridgehead atoms. The Morgan fingerprint density at radius 2 is 2.11 bits per heavy atom. The van der Waals surface area contributed by atoms with Crippen LogP contribution in [0.5, 0.6) is 5.75 Å². The maximum absolute atomic E-state index is 11.6. The second-order valence-corrected chi connectivity index (χ2v) is 4.29. The summed E-state index contributed by atoms with van der Waals surface area (Å²) in [7, 11) is 0. The predicted molar refractivity (Wildman–Crippen MR) is 72.8 cm³/mol. The fourth-order valence-corrected chi connectivity index (χ4v) is 1.42. The summed E-state index contributed by atoms with van der Waals surface area (Å²) in [6.45, 7) is 3.68. The number of rotatable bonds is 6. The van der Waals surface area contributed by atoms with Crippen LogP contribution in [0.2, 0.25) is 0 Å². The van der Waals surface area contributed by atoms with Gasteiger partial charge in [0.1, 0.15) is 5.75 Å². The molecular formula is C13H19N3O3. The molecule has 1 aromatic carbocycles. The van der Waals surface area contributed by atoms with Crippen molar-refractivity contribution < 1.29 is 14.3 Å². The van der Waals surface area contributed by atoms with Gasteiger partial charge in [0.2, 0.25) is 0 Å². The number of carbonyl (C=O) groups excluding carboxylic acids is 2. The lowest BCUT2D eigenvalue weighted by atomic mass is 10.1. The minimum atomic E-state index is -0.627. The predicted octanol–water partition coefficient (Wildman–Crippen LogP) is 0.661. The number of carbonyl (C=O) groups is 2. The number of anilines is 1. The SMILES string of the molecule is CCC(C)NC(=O)COc1cc(N)ccc1C(N)=O. The number of ether oxygens (including phenoxy) is 1. The summed E-state index contributed by atoms with van der Waals surface area (Å²) in [6, 6.07) is 4.56. The number of benzene rings is 1. The summed E-state index contributed by atoms with van der Waals surface area (Å²) in [5.74, 6) is -0.670. The number of hydrogen-bond donors (Lipinski definition) is 3. The number of hydrogen-bond acceptors (Lipinski definition) is 4. The van der Waals surface area contributed by atoms with Gasteiger partial charge >= 0.3 is 0 Å². The smallest absolute Gasteiger partial charge is 0.258 e. The van der Waals surface area contributed by atoms with Gasteiger partial charge in [-0.15, -0.1) is 0 Å². The van der Waals surface area contributed by atoms with Crippen LogP contribution >= 0.6 is 0 Å². The fourth-order valence-electron chi connectivity index (χ4n) is 1.42. The first-order valence-electron chi connectivity index (χ1n) is 6.05. The minimum absolute atomic E-state index is 0.0764. The van der Waals surface area contributed by atoms with Crippen molar-refractivity contribution in [2.45, 2.75) is 26.3 Å². The molecule has 6 heteroatoms. The van der Waals surface area contributed by atoms with Crippen molar-refractivity contribution in [3.05, 3.63) is 23.8 Å². The summed E-state index contributed by atoms with van der Waals surface area (Å²) < 4.78 is 5.29. The second kappa shape index (κ2) is 6.63. The highest BCUT2D eigenvalue weighted by atomic mass is 16.5. The maximum Gasteiger partial charge on any atom is 0.258 e. The molecule has 0 aliphatic carbocycles. The highest BCUT2D eigenvalue weighted by Crippen LogP contribution is 2.21. The van der Waals surface area contributed by atoms with E-state index in [4.69, 9.17) is 16.2 Å². The van der Waals surface area contributed by atoms with Crippen LogP contribution in [0.1, 0.15) is 30.6 Å². The molecule has 1 aromatic rings. The molecule has 1 unspecified atom stereocenters. The first-order valence-corrected chi connectivity index (χ1v) is 6.05. The Kier molecular flexibility index (Phi) is 5.17. The van der Waals surface area contributed by atoms with Gasteiger partial charge in [0, 0.05) is 17.8 Å². The Labute approximate surface area is 112 Å². The van der Waals surface area contributed by atoms with Crippen molar-refractivity contribution >= 4 is 17.5 Å². The van der Waals surface area contributed by atoms with Gasteiger partial charge in [0.15, 0.2) is 6.61 Å². The molecule has 0 saturated carbocycles. The summed E-state index contributed by atoms with van der Waals surface area (Å²) in [4.78, 5) is 22.8. The van der Waals surface area contributed by atoms with E-state index in [0.29, 0.717) is 5.69 Å². The zero-order chi connectivity index (χ0) is 14.4. The van der Waals surface area contributed by atoms with E-state index in [0.717, 1.165) is 6.42 Å². The Morgan fingerprint density at radius 1 is 1.42 bits per heavy atom. The van der Waals surface area contributed by atoms with E-state index in [1.807, 2.05) is 13.8 Å². The van der Waals surface area contributed by atoms with E-state index in [2.05, 4.69) is 5.32 Å². The van der Waals surface area contributed by atoms with Gasteiger partial charge in [-0.05, 0) is 25.5 Å². The largest absolute Gasteiger partial charge is 0.483 e. The lowest BCUT2D eigenvalue weighted by Crippen LogP contribution is -2.35. The van der Waals surface area contributed by atoms with Crippen LogP contribution < -0.4 is 21.5 Å². The lowest BCUT2D eigenvalue weighted by Gasteiger charge is -2.13. The van der Waals surface area contributed by atoms with Crippen LogP contribution in [-0.4, -0.2) is 24.5 Å². The van der Waals surface area contributed by atoms with Crippen LogP contribution in [0.25, 0.3) is 0 Å². The van der Waals surface area contributed by atoms with E-state index in [9.17, 15) is 9.59 Å². The van der Waals surface area contributed by atoms with Gasteiger partial charge in [-0.3, -0.25) is 9.59 Å².